The van der Waals surface area contributed by atoms with Gasteiger partial charge in [-0.25, -0.2) is 0 Å². The summed E-state index contributed by atoms with van der Waals surface area (Å²) < 4.78 is 7.62. The average molecular weight is 195 g/mol. The minimum absolute atomic E-state index is 0.172. The first-order chi connectivity index (χ1) is 7.34. The second-order valence-corrected chi connectivity index (χ2v) is 4.62. The maximum atomic E-state index is 7.62. The summed E-state index contributed by atoms with van der Waals surface area (Å²) in [5.41, 5.74) is 0. The molecule has 2 aliphatic carbocycles. The van der Waals surface area contributed by atoms with Crippen LogP contribution in [0.3, 0.4) is 0 Å². The van der Waals surface area contributed by atoms with E-state index in [1.165, 1.54) is 32.1 Å². The van der Waals surface area contributed by atoms with Gasteiger partial charge in [0.2, 0.25) is 0 Å². The number of rotatable bonds is 2. The lowest BCUT2D eigenvalue weighted by Gasteiger charge is -2.19. The van der Waals surface area contributed by atoms with Crippen molar-refractivity contribution in [2.24, 2.45) is 10.2 Å². The van der Waals surface area contributed by atoms with Gasteiger partial charge in [-0.3, -0.25) is 0 Å². The Balaban J connectivity index is 1.73. The van der Waals surface area contributed by atoms with E-state index < -0.39 is 0 Å². The van der Waals surface area contributed by atoms with Gasteiger partial charge in [-0.2, -0.15) is 10.2 Å². The lowest BCUT2D eigenvalue weighted by atomic mass is 9.95. The fourth-order valence-corrected chi connectivity index (χ4v) is 2.41. The van der Waals surface area contributed by atoms with Gasteiger partial charge in [-0.1, -0.05) is 38.5 Å². The standard InChI is InChI=1S/C12H22N2/c1-3-7-11(8-4-1)13-14-12-9-5-2-6-10-12/h11-12H,1-10H2/i1D. The Morgan fingerprint density at radius 2 is 1.21 bits per heavy atom. The molecule has 0 aromatic carbocycles. The zero-order valence-corrected chi connectivity index (χ0v) is 8.99. The van der Waals surface area contributed by atoms with Crippen molar-refractivity contribution in [3.63, 3.8) is 0 Å². The topological polar surface area (TPSA) is 24.7 Å². The summed E-state index contributed by atoms with van der Waals surface area (Å²) in [6.07, 6.45) is 10.9. The molecule has 2 fully saturated rings. The molecule has 0 aromatic heterocycles. The fraction of sp³-hybridized carbons (Fsp3) is 1.00. The normalized spacial score (nSPS) is 37.3. The zero-order chi connectivity index (χ0) is 10.5. The fourth-order valence-electron chi connectivity index (χ4n) is 2.41. The molecule has 0 saturated heterocycles. The minimum atomic E-state index is 0.172. The van der Waals surface area contributed by atoms with Crippen molar-refractivity contribution in [2.75, 3.05) is 0 Å². The summed E-state index contributed by atoms with van der Waals surface area (Å²) >= 11 is 0. The quantitative estimate of drug-likeness (QED) is 0.592. The summed E-state index contributed by atoms with van der Waals surface area (Å²) in [5.74, 6) is 0. The van der Waals surface area contributed by atoms with Crippen molar-refractivity contribution in [3.05, 3.63) is 0 Å². The van der Waals surface area contributed by atoms with E-state index in [1.807, 2.05) is 0 Å². The van der Waals surface area contributed by atoms with Crippen LogP contribution in [0.4, 0.5) is 0 Å². The predicted octanol–water partition coefficient (Wildman–Crippen LogP) is 4.10. The Hall–Kier alpha value is -0.400. The van der Waals surface area contributed by atoms with E-state index in [9.17, 15) is 0 Å². The van der Waals surface area contributed by atoms with E-state index in [0.717, 1.165) is 25.7 Å². The molecule has 0 radical (unpaired) electrons. The first kappa shape index (κ1) is 8.87. The molecule has 0 aliphatic heterocycles. The van der Waals surface area contributed by atoms with E-state index in [4.69, 9.17) is 1.37 Å². The first-order valence-corrected chi connectivity index (χ1v) is 6.17. The largest absolute Gasteiger partial charge is 0.191 e. The number of nitrogens with zero attached hydrogens (tertiary/aromatic N) is 2. The zero-order valence-electron chi connectivity index (χ0n) is 9.99. The molecule has 0 unspecified atom stereocenters. The van der Waals surface area contributed by atoms with E-state index in [-0.39, 0.29) is 6.40 Å². The van der Waals surface area contributed by atoms with Gasteiger partial charge >= 0.3 is 0 Å². The second-order valence-electron chi connectivity index (χ2n) is 4.62. The molecular weight excluding hydrogens is 172 g/mol. The molecular formula is C12H22N2. The van der Waals surface area contributed by atoms with Crippen molar-refractivity contribution < 1.29 is 1.37 Å². The van der Waals surface area contributed by atoms with E-state index in [2.05, 4.69) is 10.2 Å². The van der Waals surface area contributed by atoms with Crippen LogP contribution in [0.1, 0.15) is 65.6 Å². The van der Waals surface area contributed by atoms with Gasteiger partial charge < -0.3 is 0 Å². The molecule has 14 heavy (non-hydrogen) atoms. The third-order valence-electron chi connectivity index (χ3n) is 3.38. The summed E-state index contributed by atoms with van der Waals surface area (Å²) in [6.45, 7) is 0. The van der Waals surface area contributed by atoms with E-state index >= 15 is 0 Å². The van der Waals surface area contributed by atoms with Gasteiger partial charge in [0.05, 0.1) is 12.1 Å². The van der Waals surface area contributed by atoms with Crippen LogP contribution in [0.2, 0.25) is 0 Å². The van der Waals surface area contributed by atoms with Gasteiger partial charge in [-0.15, -0.1) is 0 Å². The average Bonchev–Trinajstić information content (AvgIpc) is 2.30. The number of azo groups is 1. The van der Waals surface area contributed by atoms with Crippen molar-refractivity contribution in [3.8, 4) is 0 Å². The van der Waals surface area contributed by atoms with Crippen LogP contribution in [-0.4, -0.2) is 12.1 Å². The Kier molecular flexibility index (Phi) is 3.47. The van der Waals surface area contributed by atoms with Crippen molar-refractivity contribution in [1.82, 2.24) is 0 Å². The first-order valence-electron chi connectivity index (χ1n) is 6.74. The molecule has 2 saturated carbocycles. The minimum Gasteiger partial charge on any atom is -0.191 e. The van der Waals surface area contributed by atoms with Crippen LogP contribution in [0, 0.1) is 0 Å². The van der Waals surface area contributed by atoms with E-state index in [0.29, 0.717) is 12.1 Å². The molecule has 2 aliphatic rings. The van der Waals surface area contributed by atoms with Crippen LogP contribution in [0.25, 0.3) is 0 Å². The lowest BCUT2D eigenvalue weighted by Crippen LogP contribution is -2.12. The third-order valence-corrected chi connectivity index (χ3v) is 3.38. The summed E-state index contributed by atoms with van der Waals surface area (Å²) in [4.78, 5) is 0. The molecule has 2 nitrogen and oxygen atoms in total. The van der Waals surface area contributed by atoms with Gasteiger partial charge in [0.15, 0.2) is 0 Å². The van der Waals surface area contributed by atoms with Gasteiger partial charge in [-0.05, 0) is 25.7 Å². The molecule has 80 valence electrons. The summed E-state index contributed by atoms with van der Waals surface area (Å²) in [7, 11) is 0. The molecule has 2 heteroatoms. The van der Waals surface area contributed by atoms with Crippen molar-refractivity contribution in [2.45, 2.75) is 76.3 Å². The van der Waals surface area contributed by atoms with E-state index in [1.54, 1.807) is 0 Å². The monoisotopic (exact) mass is 195 g/mol. The summed E-state index contributed by atoms with van der Waals surface area (Å²) in [6, 6.07) is 0.959. The van der Waals surface area contributed by atoms with Crippen molar-refractivity contribution in [1.29, 1.82) is 0 Å². The molecule has 0 aromatic rings. The molecule has 0 heterocycles. The maximum Gasteiger partial charge on any atom is 0.0708 e. The van der Waals surface area contributed by atoms with Crippen LogP contribution < -0.4 is 0 Å². The molecule has 2 rings (SSSR count). The molecule has 0 N–H and O–H groups in total. The lowest BCUT2D eigenvalue weighted by molar-refractivity contribution is 0.390. The van der Waals surface area contributed by atoms with Gasteiger partial charge in [0.25, 0.3) is 0 Å². The highest BCUT2D eigenvalue weighted by atomic mass is 15.1. The SMILES string of the molecule is [2H]C1CCC(N=NC2CCCCC2)CC1. The highest BCUT2D eigenvalue weighted by Crippen LogP contribution is 2.24. The Bertz CT molecular complexity index is 204. The Morgan fingerprint density at radius 3 is 1.79 bits per heavy atom. The van der Waals surface area contributed by atoms with Crippen LogP contribution in [-0.2, 0) is 0 Å². The number of hydrogen-bond donors (Lipinski definition) is 0. The van der Waals surface area contributed by atoms with Crippen LogP contribution in [0.15, 0.2) is 10.2 Å². The predicted molar refractivity (Wildman–Crippen MR) is 58.6 cm³/mol. The smallest absolute Gasteiger partial charge is 0.0708 e. The second kappa shape index (κ2) is 5.47. The third kappa shape index (κ3) is 3.07. The highest BCUT2D eigenvalue weighted by molar-refractivity contribution is 4.73. The molecule has 0 atom stereocenters. The molecule has 0 bridgehead atoms. The van der Waals surface area contributed by atoms with Gasteiger partial charge in [0, 0.05) is 1.37 Å². The Labute approximate surface area is 88.6 Å². The number of hydrogen-bond acceptors (Lipinski definition) is 2. The molecule has 0 spiro atoms. The highest BCUT2D eigenvalue weighted by Gasteiger charge is 2.15. The van der Waals surface area contributed by atoms with Crippen molar-refractivity contribution >= 4 is 0 Å². The summed E-state index contributed by atoms with van der Waals surface area (Å²) in [5, 5.41) is 8.98. The van der Waals surface area contributed by atoms with Crippen LogP contribution >= 0.6 is 0 Å². The van der Waals surface area contributed by atoms with Crippen LogP contribution in [0.5, 0.6) is 0 Å². The van der Waals surface area contributed by atoms with Gasteiger partial charge in [0.1, 0.15) is 0 Å². The molecule has 0 amide bonds. The maximum absolute atomic E-state index is 7.62. The Morgan fingerprint density at radius 1 is 0.714 bits per heavy atom.